The van der Waals surface area contributed by atoms with Crippen LogP contribution in [0.2, 0.25) is 0 Å². The van der Waals surface area contributed by atoms with Crippen molar-refractivity contribution in [1.29, 1.82) is 0 Å². The van der Waals surface area contributed by atoms with Gasteiger partial charge in [-0.1, -0.05) is 37.3 Å². The molecule has 2 rings (SSSR count). The van der Waals surface area contributed by atoms with E-state index in [1.165, 1.54) is 5.56 Å². The average Bonchev–Trinajstić information content (AvgIpc) is 2.41. The Morgan fingerprint density at radius 2 is 1.75 bits per heavy atom. The van der Waals surface area contributed by atoms with Crippen LogP contribution < -0.4 is 5.73 Å². The van der Waals surface area contributed by atoms with E-state index in [4.69, 9.17) is 5.73 Å². The van der Waals surface area contributed by atoms with E-state index in [1.807, 2.05) is 0 Å². The molecule has 0 spiro atoms. The molecule has 0 aromatic heterocycles. The largest absolute Gasteiger partial charge is 0.369 e. The van der Waals surface area contributed by atoms with Crippen LogP contribution in [0.1, 0.15) is 12.5 Å². The number of hydrogen-bond donors (Lipinski definition) is 1. The summed E-state index contributed by atoms with van der Waals surface area (Å²) in [5, 5.41) is 0. The summed E-state index contributed by atoms with van der Waals surface area (Å²) < 4.78 is 0. The Balaban J connectivity index is 1.71. The lowest BCUT2D eigenvalue weighted by Crippen LogP contribution is -2.49. The van der Waals surface area contributed by atoms with Crippen molar-refractivity contribution in [3.05, 3.63) is 35.9 Å². The van der Waals surface area contributed by atoms with Gasteiger partial charge in [-0.25, -0.2) is 0 Å². The molecule has 4 heteroatoms. The van der Waals surface area contributed by atoms with Gasteiger partial charge in [0.05, 0.1) is 6.54 Å². The standard InChI is InChI=1S/C16H25N3O/c1-14(11-15-5-3-2-4-6-15)12-18-7-9-19(10-8-18)13-16(17)20/h2-6,14H,7-13H2,1H3,(H2,17,20). The number of primary amides is 1. The van der Waals surface area contributed by atoms with Gasteiger partial charge in [-0.2, -0.15) is 0 Å². The third-order valence-corrected chi connectivity index (χ3v) is 3.84. The fourth-order valence-electron chi connectivity index (χ4n) is 2.87. The Hall–Kier alpha value is -1.39. The predicted octanol–water partition coefficient (Wildman–Crippen LogP) is 0.968. The summed E-state index contributed by atoms with van der Waals surface area (Å²) in [7, 11) is 0. The van der Waals surface area contributed by atoms with Crippen LogP contribution in [-0.4, -0.2) is 55.0 Å². The molecular weight excluding hydrogens is 250 g/mol. The summed E-state index contributed by atoms with van der Waals surface area (Å²) in [6.45, 7) is 7.79. The number of carbonyl (C=O) groups excluding carboxylic acids is 1. The van der Waals surface area contributed by atoms with Crippen LogP contribution >= 0.6 is 0 Å². The van der Waals surface area contributed by atoms with Crippen LogP contribution in [-0.2, 0) is 11.2 Å². The van der Waals surface area contributed by atoms with Crippen LogP contribution in [0.3, 0.4) is 0 Å². The van der Waals surface area contributed by atoms with E-state index in [0.29, 0.717) is 12.5 Å². The monoisotopic (exact) mass is 275 g/mol. The molecule has 1 amide bonds. The normalized spacial score (nSPS) is 18.9. The molecule has 1 unspecified atom stereocenters. The first-order valence-corrected chi connectivity index (χ1v) is 7.40. The molecule has 1 saturated heterocycles. The van der Waals surface area contributed by atoms with Crippen LogP contribution in [0, 0.1) is 5.92 Å². The Bertz CT molecular complexity index is 413. The van der Waals surface area contributed by atoms with Gasteiger partial charge in [-0.3, -0.25) is 9.69 Å². The lowest BCUT2D eigenvalue weighted by molar-refractivity contribution is -0.119. The molecule has 2 N–H and O–H groups in total. The van der Waals surface area contributed by atoms with Gasteiger partial charge in [0.1, 0.15) is 0 Å². The maximum Gasteiger partial charge on any atom is 0.231 e. The zero-order valence-electron chi connectivity index (χ0n) is 12.3. The fraction of sp³-hybridized carbons (Fsp3) is 0.562. The van der Waals surface area contributed by atoms with Gasteiger partial charge < -0.3 is 10.6 Å². The minimum atomic E-state index is -0.226. The Morgan fingerprint density at radius 3 is 2.35 bits per heavy atom. The summed E-state index contributed by atoms with van der Waals surface area (Å²) in [6.07, 6.45) is 1.13. The second kappa shape index (κ2) is 7.41. The summed E-state index contributed by atoms with van der Waals surface area (Å²) >= 11 is 0. The quantitative estimate of drug-likeness (QED) is 0.841. The molecule has 1 fully saturated rings. The van der Waals surface area contributed by atoms with Crippen molar-refractivity contribution >= 4 is 5.91 Å². The number of benzene rings is 1. The zero-order valence-corrected chi connectivity index (χ0v) is 12.3. The molecule has 1 aliphatic rings. The van der Waals surface area contributed by atoms with E-state index < -0.39 is 0 Å². The molecule has 1 aliphatic heterocycles. The van der Waals surface area contributed by atoms with Gasteiger partial charge in [0, 0.05) is 32.7 Å². The number of nitrogens with zero attached hydrogens (tertiary/aromatic N) is 2. The average molecular weight is 275 g/mol. The van der Waals surface area contributed by atoms with Crippen molar-refractivity contribution in [3.63, 3.8) is 0 Å². The van der Waals surface area contributed by atoms with Gasteiger partial charge in [0.25, 0.3) is 0 Å². The highest BCUT2D eigenvalue weighted by molar-refractivity contribution is 5.75. The molecule has 1 aromatic rings. The summed E-state index contributed by atoms with van der Waals surface area (Å²) in [5.74, 6) is 0.427. The third kappa shape index (κ3) is 4.94. The van der Waals surface area contributed by atoms with E-state index in [9.17, 15) is 4.79 Å². The number of piperazine rings is 1. The van der Waals surface area contributed by atoms with E-state index in [1.54, 1.807) is 0 Å². The topological polar surface area (TPSA) is 49.6 Å². The van der Waals surface area contributed by atoms with Gasteiger partial charge in [0.15, 0.2) is 0 Å². The minimum Gasteiger partial charge on any atom is -0.369 e. The van der Waals surface area contributed by atoms with Gasteiger partial charge >= 0.3 is 0 Å². The summed E-state index contributed by atoms with van der Waals surface area (Å²) in [6, 6.07) is 10.7. The van der Waals surface area contributed by atoms with Crippen molar-refractivity contribution in [2.75, 3.05) is 39.3 Å². The second-order valence-corrected chi connectivity index (χ2v) is 5.84. The van der Waals surface area contributed by atoms with Crippen LogP contribution in [0.5, 0.6) is 0 Å². The number of rotatable bonds is 6. The number of hydrogen-bond acceptors (Lipinski definition) is 3. The zero-order chi connectivity index (χ0) is 14.4. The lowest BCUT2D eigenvalue weighted by Gasteiger charge is -2.35. The van der Waals surface area contributed by atoms with Gasteiger partial charge in [-0.05, 0) is 17.9 Å². The maximum absolute atomic E-state index is 10.9. The number of nitrogens with two attached hydrogens (primary N) is 1. The summed E-state index contributed by atoms with van der Waals surface area (Å²) in [4.78, 5) is 15.5. The van der Waals surface area contributed by atoms with Crippen molar-refractivity contribution in [1.82, 2.24) is 9.80 Å². The molecule has 1 heterocycles. The molecule has 1 aromatic carbocycles. The highest BCUT2D eigenvalue weighted by atomic mass is 16.1. The first-order chi connectivity index (χ1) is 9.63. The Kier molecular flexibility index (Phi) is 5.56. The smallest absolute Gasteiger partial charge is 0.231 e. The molecule has 1 atom stereocenters. The number of carbonyl (C=O) groups is 1. The van der Waals surface area contributed by atoms with E-state index in [0.717, 1.165) is 39.1 Å². The Labute approximate surface area is 121 Å². The number of amides is 1. The fourth-order valence-corrected chi connectivity index (χ4v) is 2.87. The van der Waals surface area contributed by atoms with Gasteiger partial charge in [-0.15, -0.1) is 0 Å². The highest BCUT2D eigenvalue weighted by Crippen LogP contribution is 2.11. The molecule has 0 radical (unpaired) electrons. The minimum absolute atomic E-state index is 0.226. The molecule has 4 nitrogen and oxygen atoms in total. The van der Waals surface area contributed by atoms with Gasteiger partial charge in [0.2, 0.25) is 5.91 Å². The predicted molar refractivity (Wildman–Crippen MR) is 81.4 cm³/mol. The molecule has 110 valence electrons. The second-order valence-electron chi connectivity index (χ2n) is 5.84. The van der Waals surface area contributed by atoms with Crippen LogP contribution in [0.4, 0.5) is 0 Å². The molecule has 0 saturated carbocycles. The van der Waals surface area contributed by atoms with E-state index in [2.05, 4.69) is 47.1 Å². The van der Waals surface area contributed by atoms with Crippen LogP contribution in [0.25, 0.3) is 0 Å². The molecular formula is C16H25N3O. The lowest BCUT2D eigenvalue weighted by atomic mass is 10.0. The SMILES string of the molecule is CC(Cc1ccccc1)CN1CCN(CC(N)=O)CC1. The van der Waals surface area contributed by atoms with E-state index in [-0.39, 0.29) is 5.91 Å². The van der Waals surface area contributed by atoms with Crippen molar-refractivity contribution in [3.8, 4) is 0 Å². The highest BCUT2D eigenvalue weighted by Gasteiger charge is 2.19. The molecule has 20 heavy (non-hydrogen) atoms. The van der Waals surface area contributed by atoms with Crippen molar-refractivity contribution in [2.45, 2.75) is 13.3 Å². The maximum atomic E-state index is 10.9. The van der Waals surface area contributed by atoms with Crippen molar-refractivity contribution < 1.29 is 4.79 Å². The third-order valence-electron chi connectivity index (χ3n) is 3.84. The first-order valence-electron chi connectivity index (χ1n) is 7.40. The molecule has 0 bridgehead atoms. The van der Waals surface area contributed by atoms with Crippen molar-refractivity contribution in [2.24, 2.45) is 11.7 Å². The van der Waals surface area contributed by atoms with Crippen LogP contribution in [0.15, 0.2) is 30.3 Å². The Morgan fingerprint density at radius 1 is 1.15 bits per heavy atom. The molecule has 0 aliphatic carbocycles. The first kappa shape index (κ1) is 15.0. The summed E-state index contributed by atoms with van der Waals surface area (Å²) in [5.41, 5.74) is 6.64. The van der Waals surface area contributed by atoms with E-state index >= 15 is 0 Å².